The number of aryl methyl sites for hydroxylation is 3. The van der Waals surface area contributed by atoms with Crippen molar-refractivity contribution in [3.8, 4) is 0 Å². The molecule has 0 saturated carbocycles. The van der Waals surface area contributed by atoms with Crippen LogP contribution in [0, 0.1) is 6.92 Å². The van der Waals surface area contributed by atoms with Crippen LogP contribution in [0.3, 0.4) is 0 Å². The summed E-state index contributed by atoms with van der Waals surface area (Å²) in [5.41, 5.74) is 2.03. The van der Waals surface area contributed by atoms with Gasteiger partial charge in [-0.3, -0.25) is 18.3 Å². The maximum absolute atomic E-state index is 13.3. The summed E-state index contributed by atoms with van der Waals surface area (Å²) in [5, 5.41) is 0. The average molecular weight is 395 g/mol. The van der Waals surface area contributed by atoms with Crippen LogP contribution in [0.5, 0.6) is 0 Å². The number of hydrogen-bond donors (Lipinski definition) is 0. The molecule has 0 amide bonds. The zero-order valence-corrected chi connectivity index (χ0v) is 17.0. The lowest BCUT2D eigenvalue weighted by Gasteiger charge is -2.08. The number of hydrogen-bond acceptors (Lipinski definition) is 4. The number of nitrogens with zero attached hydrogens (tertiary/aromatic N) is 5. The highest BCUT2D eigenvalue weighted by Crippen LogP contribution is 2.16. The molecule has 4 aromatic rings. The van der Waals surface area contributed by atoms with Gasteiger partial charge < -0.3 is 9.30 Å². The smallest absolute Gasteiger partial charge is 0.332 e. The van der Waals surface area contributed by atoms with Crippen LogP contribution in [0.4, 0.5) is 0 Å². The second-order valence-electron chi connectivity index (χ2n) is 7.15. The number of fused-ring (bicyclic) bond motifs is 3. The first-order valence-electron chi connectivity index (χ1n) is 9.82. The van der Waals surface area contributed by atoms with Gasteiger partial charge in [0.15, 0.2) is 11.2 Å². The fraction of sp³-hybridized carbons (Fsp3) is 0.381. The number of ether oxygens (including phenoxy) is 1. The molecule has 3 aromatic heterocycles. The van der Waals surface area contributed by atoms with Gasteiger partial charge in [0.2, 0.25) is 5.78 Å². The van der Waals surface area contributed by atoms with Crippen molar-refractivity contribution in [1.29, 1.82) is 0 Å². The Morgan fingerprint density at radius 3 is 2.59 bits per heavy atom. The van der Waals surface area contributed by atoms with Gasteiger partial charge in [0.05, 0.1) is 6.54 Å². The molecule has 0 bridgehead atoms. The molecule has 0 spiro atoms. The van der Waals surface area contributed by atoms with E-state index < -0.39 is 0 Å². The SMILES string of the molecule is CCOCCCn1c(C)cn2c3c(=O)n(Cc4ccccc4)c(=O)n(C)c3nc12. The molecule has 0 radical (unpaired) electrons. The lowest BCUT2D eigenvalue weighted by atomic mass is 10.2. The van der Waals surface area contributed by atoms with Crippen LogP contribution >= 0.6 is 0 Å². The highest BCUT2D eigenvalue weighted by molar-refractivity contribution is 5.75. The summed E-state index contributed by atoms with van der Waals surface area (Å²) >= 11 is 0. The first-order valence-corrected chi connectivity index (χ1v) is 9.82. The maximum Gasteiger partial charge on any atom is 0.332 e. The Kier molecular flexibility index (Phi) is 5.10. The molecular formula is C21H25N5O3. The normalized spacial score (nSPS) is 11.7. The van der Waals surface area contributed by atoms with Crippen molar-refractivity contribution in [2.24, 2.45) is 7.05 Å². The highest BCUT2D eigenvalue weighted by Gasteiger charge is 2.20. The molecule has 0 unspecified atom stereocenters. The van der Waals surface area contributed by atoms with E-state index in [1.807, 2.05) is 50.4 Å². The number of aromatic nitrogens is 5. The average Bonchev–Trinajstić information content (AvgIpc) is 3.23. The van der Waals surface area contributed by atoms with Gasteiger partial charge in [0.1, 0.15) is 0 Å². The molecule has 8 nitrogen and oxygen atoms in total. The van der Waals surface area contributed by atoms with Crippen molar-refractivity contribution in [2.45, 2.75) is 33.4 Å². The lowest BCUT2D eigenvalue weighted by Crippen LogP contribution is -2.39. The van der Waals surface area contributed by atoms with Gasteiger partial charge >= 0.3 is 5.69 Å². The maximum atomic E-state index is 13.3. The molecular weight excluding hydrogens is 370 g/mol. The van der Waals surface area contributed by atoms with E-state index in [0.717, 1.165) is 24.2 Å². The minimum Gasteiger partial charge on any atom is -0.382 e. The van der Waals surface area contributed by atoms with Crippen LogP contribution < -0.4 is 11.2 Å². The molecule has 0 fully saturated rings. The zero-order chi connectivity index (χ0) is 20.5. The second kappa shape index (κ2) is 7.71. The van der Waals surface area contributed by atoms with Crippen LogP contribution in [0.15, 0.2) is 46.1 Å². The van der Waals surface area contributed by atoms with Gasteiger partial charge in [-0.05, 0) is 25.8 Å². The first-order chi connectivity index (χ1) is 14.0. The van der Waals surface area contributed by atoms with E-state index in [4.69, 9.17) is 4.74 Å². The molecule has 0 saturated heterocycles. The van der Waals surface area contributed by atoms with Gasteiger partial charge in [-0.1, -0.05) is 30.3 Å². The van der Waals surface area contributed by atoms with E-state index in [1.165, 1.54) is 9.13 Å². The Morgan fingerprint density at radius 1 is 1.10 bits per heavy atom. The Balaban J connectivity index is 1.86. The summed E-state index contributed by atoms with van der Waals surface area (Å²) in [4.78, 5) is 30.8. The van der Waals surface area contributed by atoms with Crippen molar-refractivity contribution in [2.75, 3.05) is 13.2 Å². The zero-order valence-electron chi connectivity index (χ0n) is 17.0. The van der Waals surface area contributed by atoms with Crippen LogP contribution in [-0.2, 0) is 24.9 Å². The van der Waals surface area contributed by atoms with Crippen molar-refractivity contribution >= 4 is 16.9 Å². The molecule has 8 heteroatoms. The Hall–Kier alpha value is -3.13. The predicted molar refractivity (Wildman–Crippen MR) is 112 cm³/mol. The van der Waals surface area contributed by atoms with Crippen molar-refractivity contribution in [1.82, 2.24) is 23.1 Å². The summed E-state index contributed by atoms with van der Waals surface area (Å²) < 4.78 is 12.0. The summed E-state index contributed by atoms with van der Waals surface area (Å²) in [7, 11) is 1.66. The molecule has 1 aromatic carbocycles. The predicted octanol–water partition coefficient (Wildman–Crippen LogP) is 1.93. The molecule has 0 N–H and O–H groups in total. The van der Waals surface area contributed by atoms with Gasteiger partial charge in [-0.2, -0.15) is 4.98 Å². The monoisotopic (exact) mass is 395 g/mol. The third kappa shape index (κ3) is 3.29. The summed E-state index contributed by atoms with van der Waals surface area (Å²) in [6.07, 6.45) is 2.75. The fourth-order valence-electron chi connectivity index (χ4n) is 3.71. The second-order valence-corrected chi connectivity index (χ2v) is 7.15. The number of rotatable bonds is 7. The fourth-order valence-corrected chi connectivity index (χ4v) is 3.71. The van der Waals surface area contributed by atoms with Crippen molar-refractivity contribution in [3.05, 3.63) is 68.6 Å². The van der Waals surface area contributed by atoms with Gasteiger partial charge in [-0.25, -0.2) is 4.79 Å². The van der Waals surface area contributed by atoms with E-state index in [2.05, 4.69) is 9.55 Å². The largest absolute Gasteiger partial charge is 0.382 e. The quantitative estimate of drug-likeness (QED) is 0.448. The Morgan fingerprint density at radius 2 is 1.86 bits per heavy atom. The Bertz CT molecular complexity index is 1280. The molecule has 4 rings (SSSR count). The first kappa shape index (κ1) is 19.2. The van der Waals surface area contributed by atoms with E-state index in [0.29, 0.717) is 30.2 Å². The third-order valence-electron chi connectivity index (χ3n) is 5.20. The van der Waals surface area contributed by atoms with Crippen LogP contribution in [0.1, 0.15) is 24.6 Å². The lowest BCUT2D eigenvalue weighted by molar-refractivity contribution is 0.142. The molecule has 29 heavy (non-hydrogen) atoms. The molecule has 152 valence electrons. The third-order valence-corrected chi connectivity index (χ3v) is 5.20. The van der Waals surface area contributed by atoms with Gasteiger partial charge in [0.25, 0.3) is 5.56 Å². The molecule has 0 aliphatic rings. The summed E-state index contributed by atoms with van der Waals surface area (Å²) in [6.45, 7) is 6.29. The molecule has 0 atom stereocenters. The van der Waals surface area contributed by atoms with Crippen molar-refractivity contribution < 1.29 is 4.74 Å². The highest BCUT2D eigenvalue weighted by atomic mass is 16.5. The Labute approximate surface area is 167 Å². The minimum absolute atomic E-state index is 0.226. The van der Waals surface area contributed by atoms with Crippen molar-refractivity contribution in [3.63, 3.8) is 0 Å². The van der Waals surface area contributed by atoms with Gasteiger partial charge in [0, 0.05) is 38.7 Å². The van der Waals surface area contributed by atoms with Crippen LogP contribution in [0.2, 0.25) is 0 Å². The summed E-state index contributed by atoms with van der Waals surface area (Å²) in [5.74, 6) is 0.665. The number of imidazole rings is 2. The molecule has 0 aliphatic heterocycles. The van der Waals surface area contributed by atoms with E-state index in [9.17, 15) is 9.59 Å². The van der Waals surface area contributed by atoms with E-state index >= 15 is 0 Å². The number of benzene rings is 1. The van der Waals surface area contributed by atoms with E-state index in [-0.39, 0.29) is 17.8 Å². The minimum atomic E-state index is -0.369. The standard InChI is InChI=1S/C21H25N5O3/c1-4-29-12-8-11-24-15(2)13-25-17-18(22-20(24)25)23(3)21(28)26(19(17)27)14-16-9-6-5-7-10-16/h5-7,9-10,13H,4,8,11-12,14H2,1-3H3. The van der Waals surface area contributed by atoms with Gasteiger partial charge in [-0.15, -0.1) is 0 Å². The molecule has 0 aliphatic carbocycles. The molecule has 3 heterocycles. The van der Waals surface area contributed by atoms with E-state index in [1.54, 1.807) is 11.4 Å². The van der Waals surface area contributed by atoms with Crippen LogP contribution in [0.25, 0.3) is 16.9 Å². The van der Waals surface area contributed by atoms with Crippen LogP contribution in [-0.4, -0.2) is 36.3 Å². The topological polar surface area (TPSA) is 75.5 Å². The summed E-state index contributed by atoms with van der Waals surface area (Å²) in [6, 6.07) is 9.51.